The van der Waals surface area contributed by atoms with Gasteiger partial charge in [0.2, 0.25) is 0 Å². The number of carbonyl (C=O) groups is 1. The molecule has 0 aromatic heterocycles. The van der Waals surface area contributed by atoms with Crippen molar-refractivity contribution in [1.29, 1.82) is 0 Å². The number of carbonyl (C=O) groups excluding carboxylic acids is 1. The number of rotatable bonds is 0. The summed E-state index contributed by atoms with van der Waals surface area (Å²) >= 11 is 6.42. The maximum Gasteiger partial charge on any atom is 0.262 e. The molecule has 0 radical (unpaired) electrons. The van der Waals surface area contributed by atoms with Gasteiger partial charge in [0.05, 0.1) is 22.0 Å². The van der Waals surface area contributed by atoms with E-state index in [0.717, 1.165) is 48.6 Å². The normalized spacial score (nSPS) is 35.8. The summed E-state index contributed by atoms with van der Waals surface area (Å²) in [5.74, 6) is 10.5. The highest BCUT2D eigenvalue weighted by Crippen LogP contribution is 2.48. The van der Waals surface area contributed by atoms with Crippen LogP contribution in [0.15, 0.2) is 48.6 Å². The summed E-state index contributed by atoms with van der Waals surface area (Å²) in [6.07, 6.45) is 9.24. The first-order chi connectivity index (χ1) is 20.9. The van der Waals surface area contributed by atoms with Crippen molar-refractivity contribution < 1.29 is 18.8 Å². The number of anilines is 1. The van der Waals surface area contributed by atoms with Crippen LogP contribution in [0.2, 0.25) is 5.02 Å². The first-order valence-electron chi connectivity index (χ1n) is 15.8. The van der Waals surface area contributed by atoms with Gasteiger partial charge in [0.15, 0.2) is 0 Å². The molecule has 6 nitrogen and oxygen atoms in total. The van der Waals surface area contributed by atoms with Crippen LogP contribution >= 0.6 is 11.6 Å². The molecular weight excluding hydrogens is 592 g/mol. The number of allylic oxidation sites excluding steroid dienone is 1. The molecule has 2 aromatic carbocycles. The Morgan fingerprint density at radius 3 is 2.77 bits per heavy atom. The third-order valence-corrected chi connectivity index (χ3v) is 13.0. The molecule has 4 aliphatic rings. The molecule has 6 rings (SSSR count). The van der Waals surface area contributed by atoms with Crippen molar-refractivity contribution in [1.82, 2.24) is 4.72 Å². The molecule has 1 spiro atoms. The number of ether oxygens (including phenoxy) is 1. The number of nitrogens with zero attached hydrogens (tertiary/aromatic N) is 1. The fraction of sp³-hybridized carbons (Fsp3) is 0.500. The largest absolute Gasteiger partial charge is 0.490 e. The van der Waals surface area contributed by atoms with Gasteiger partial charge in [0, 0.05) is 40.3 Å². The van der Waals surface area contributed by atoms with Crippen molar-refractivity contribution in [3.8, 4) is 17.6 Å². The van der Waals surface area contributed by atoms with Crippen LogP contribution in [-0.4, -0.2) is 51.6 Å². The van der Waals surface area contributed by atoms with Gasteiger partial charge in [0.25, 0.3) is 5.91 Å². The van der Waals surface area contributed by atoms with Crippen molar-refractivity contribution in [2.75, 3.05) is 24.6 Å². The minimum absolute atomic E-state index is 0.0311. The summed E-state index contributed by atoms with van der Waals surface area (Å²) in [4.78, 5) is 15.9. The Bertz CT molecular complexity index is 1660. The van der Waals surface area contributed by atoms with Crippen LogP contribution in [-0.2, 0) is 21.5 Å². The molecule has 2 heterocycles. The number of aliphatic hydroxyl groups is 1. The van der Waals surface area contributed by atoms with E-state index in [1.54, 1.807) is 13.0 Å². The molecule has 7 atom stereocenters. The van der Waals surface area contributed by atoms with E-state index in [4.69, 9.17) is 16.3 Å². The summed E-state index contributed by atoms with van der Waals surface area (Å²) in [6.45, 7) is 7.54. The molecule has 1 unspecified atom stereocenters. The van der Waals surface area contributed by atoms with E-state index < -0.39 is 21.2 Å². The van der Waals surface area contributed by atoms with Crippen molar-refractivity contribution in [3.05, 3.63) is 70.3 Å². The summed E-state index contributed by atoms with van der Waals surface area (Å²) < 4.78 is 23.1. The number of fused-ring (bicyclic) bond motifs is 4. The molecule has 44 heavy (non-hydrogen) atoms. The van der Waals surface area contributed by atoms with Crippen LogP contribution in [0.25, 0.3) is 0 Å². The maximum atomic E-state index is 13.7. The standard InChI is InChI=1S/C36H43ClN2O4S/c1-5-16-36(41)18-6-8-24(2)25(3)44(4,42)38-34(40)27-11-15-33-32(20-27)39(21-28-10-13-31(28)36)22-35(23-43-33)17-7-9-26-19-29(37)12-14-30(26)35/h6,11-12,14-15,18-20,24-25,28,31,41H,4,7-10,13,17,21-23H2,1-3H3,(H,38,40,42)/b18-6+/t24-,25+,28-,31+,35-,36-,44?/m0/s1. The first-order valence-corrected chi connectivity index (χ1v) is 17.9. The monoisotopic (exact) mass is 634 g/mol. The van der Waals surface area contributed by atoms with E-state index in [0.29, 0.717) is 31.7 Å². The average Bonchev–Trinajstić information content (AvgIpc) is 3.11. The van der Waals surface area contributed by atoms with Gasteiger partial charge in [0.1, 0.15) is 11.4 Å². The van der Waals surface area contributed by atoms with Crippen molar-refractivity contribution in [2.24, 2.45) is 17.8 Å². The second-order valence-electron chi connectivity index (χ2n) is 13.4. The number of hydrogen-bond donors (Lipinski definition) is 2. The Morgan fingerprint density at radius 2 is 2.02 bits per heavy atom. The molecule has 2 N–H and O–H groups in total. The molecule has 2 bridgehead atoms. The first kappa shape index (κ1) is 31.1. The van der Waals surface area contributed by atoms with Crippen LogP contribution in [0.5, 0.6) is 5.75 Å². The smallest absolute Gasteiger partial charge is 0.262 e. The topological polar surface area (TPSA) is 78.9 Å². The Labute approximate surface area is 267 Å². The van der Waals surface area contributed by atoms with E-state index in [1.165, 1.54) is 11.1 Å². The van der Waals surface area contributed by atoms with Gasteiger partial charge < -0.3 is 14.7 Å². The molecule has 1 saturated carbocycles. The summed E-state index contributed by atoms with van der Waals surface area (Å²) in [6, 6.07) is 11.7. The van der Waals surface area contributed by atoms with E-state index >= 15 is 0 Å². The third kappa shape index (κ3) is 5.66. The molecule has 8 heteroatoms. The molecule has 1 fully saturated rings. The molecule has 2 aliphatic carbocycles. The third-order valence-electron chi connectivity index (χ3n) is 10.6. The van der Waals surface area contributed by atoms with Crippen molar-refractivity contribution in [3.63, 3.8) is 0 Å². The van der Waals surface area contributed by atoms with Crippen LogP contribution in [0, 0.1) is 29.6 Å². The van der Waals surface area contributed by atoms with Gasteiger partial charge in [-0.05, 0) is 118 Å². The summed E-state index contributed by atoms with van der Waals surface area (Å²) in [5.41, 5.74) is 2.29. The summed E-state index contributed by atoms with van der Waals surface area (Å²) in [7, 11) is -2.96. The zero-order valence-corrected chi connectivity index (χ0v) is 27.5. The maximum absolute atomic E-state index is 13.7. The Balaban J connectivity index is 1.46. The second-order valence-corrected chi connectivity index (χ2v) is 16.2. The number of nitrogens with one attached hydrogen (secondary N) is 1. The molecule has 1 amide bonds. The Hall–Kier alpha value is -2.92. The van der Waals surface area contributed by atoms with Crippen molar-refractivity contribution in [2.45, 2.75) is 75.6 Å². The number of halogens is 1. The van der Waals surface area contributed by atoms with E-state index in [-0.39, 0.29) is 28.4 Å². The molecular formula is C36H43ClN2O4S. The predicted octanol–water partition coefficient (Wildman–Crippen LogP) is 5.94. The van der Waals surface area contributed by atoms with Crippen molar-refractivity contribution >= 4 is 38.8 Å². The second kappa shape index (κ2) is 11.8. The quantitative estimate of drug-likeness (QED) is 0.213. The highest BCUT2D eigenvalue weighted by atomic mass is 35.5. The fourth-order valence-corrected chi connectivity index (χ4v) is 9.38. The molecule has 234 valence electrons. The van der Waals surface area contributed by atoms with Crippen LogP contribution in [0.3, 0.4) is 0 Å². The predicted molar refractivity (Wildman–Crippen MR) is 180 cm³/mol. The Morgan fingerprint density at radius 1 is 1.20 bits per heavy atom. The lowest BCUT2D eigenvalue weighted by Gasteiger charge is -2.47. The number of aryl methyl sites for hydroxylation is 1. The van der Waals surface area contributed by atoms with Crippen LogP contribution in [0.4, 0.5) is 5.69 Å². The lowest BCUT2D eigenvalue weighted by atomic mass is 9.64. The van der Waals surface area contributed by atoms with Gasteiger partial charge in [-0.2, -0.15) is 0 Å². The molecule has 0 saturated heterocycles. The van der Waals surface area contributed by atoms with Crippen LogP contribution in [0.1, 0.15) is 74.4 Å². The number of amides is 1. The zero-order valence-electron chi connectivity index (χ0n) is 25.9. The Kier molecular flexibility index (Phi) is 8.32. The summed E-state index contributed by atoms with van der Waals surface area (Å²) in [5, 5.41) is 12.3. The van der Waals surface area contributed by atoms with Gasteiger partial charge in [-0.15, -0.1) is 5.92 Å². The zero-order chi connectivity index (χ0) is 31.3. The number of benzene rings is 2. The van der Waals surface area contributed by atoms with Crippen LogP contribution < -0.4 is 14.4 Å². The number of hydrogen-bond acceptors (Lipinski definition) is 5. The lowest BCUT2D eigenvalue weighted by molar-refractivity contribution is -0.00321. The fourth-order valence-electron chi connectivity index (χ4n) is 7.70. The highest BCUT2D eigenvalue weighted by molar-refractivity contribution is 7.99. The van der Waals surface area contributed by atoms with Gasteiger partial charge in [-0.3, -0.25) is 9.52 Å². The van der Waals surface area contributed by atoms with E-state index in [9.17, 15) is 14.1 Å². The molecule has 2 aliphatic heterocycles. The minimum Gasteiger partial charge on any atom is -0.490 e. The van der Waals surface area contributed by atoms with Gasteiger partial charge in [-0.25, -0.2) is 4.21 Å². The lowest BCUT2D eigenvalue weighted by Crippen LogP contribution is -2.52. The van der Waals surface area contributed by atoms with Gasteiger partial charge in [-0.1, -0.05) is 36.6 Å². The molecule has 2 aromatic rings. The van der Waals surface area contributed by atoms with E-state index in [2.05, 4.69) is 39.5 Å². The highest BCUT2D eigenvalue weighted by Gasteiger charge is 2.47. The van der Waals surface area contributed by atoms with Gasteiger partial charge >= 0.3 is 0 Å². The average molecular weight is 635 g/mol. The SMILES string of the molecule is C=S1(=O)NC(=O)c2ccc3c(c2)N(C[C@@H]2CC[C@H]2[C@](O)(C#CC)/C=C/C[C@H](C)[C@H]1C)C[C@@]1(CCCc2cc(Cl)ccc21)CO3. The van der Waals surface area contributed by atoms with E-state index in [1.807, 2.05) is 44.2 Å². The minimum atomic E-state index is -2.96.